The maximum absolute atomic E-state index is 13.4. The zero-order valence-electron chi connectivity index (χ0n) is 8.58. The van der Waals surface area contributed by atoms with Gasteiger partial charge in [0, 0.05) is 23.3 Å². The first-order valence-corrected chi connectivity index (χ1v) is 4.69. The summed E-state index contributed by atoms with van der Waals surface area (Å²) in [5, 5.41) is 0. The molecule has 0 fully saturated rings. The minimum Gasteiger partial charge on any atom is -0.207 e. The van der Waals surface area contributed by atoms with Gasteiger partial charge in [-0.3, -0.25) is 0 Å². The second-order valence-electron chi connectivity index (χ2n) is 3.50. The zero-order chi connectivity index (χ0) is 13.4. The Morgan fingerprint density at radius 3 is 1.17 bits per heavy atom. The van der Waals surface area contributed by atoms with E-state index in [9.17, 15) is 26.3 Å². The van der Waals surface area contributed by atoms with Gasteiger partial charge in [0.05, 0.1) is 0 Å². The Labute approximate surface area is 97.5 Å². The Morgan fingerprint density at radius 1 is 0.500 bits per heavy atom. The van der Waals surface area contributed by atoms with Crippen LogP contribution in [0.5, 0.6) is 0 Å². The molecule has 6 heteroatoms. The van der Waals surface area contributed by atoms with Gasteiger partial charge in [0.2, 0.25) is 0 Å². The summed E-state index contributed by atoms with van der Waals surface area (Å²) in [5.74, 6) is -8.69. The van der Waals surface area contributed by atoms with E-state index in [-0.39, 0.29) is 12.1 Å². The monoisotopic (exact) mass is 262 g/mol. The normalized spacial score (nSPS) is 10.8. The first-order valence-electron chi connectivity index (χ1n) is 4.69. The summed E-state index contributed by atoms with van der Waals surface area (Å²) in [6, 6.07) is 1.39. The smallest absolute Gasteiger partial charge is 0.166 e. The molecular formula is C12H4F6. The van der Waals surface area contributed by atoms with Crippen LogP contribution in [0, 0.1) is 34.9 Å². The summed E-state index contributed by atoms with van der Waals surface area (Å²) < 4.78 is 78.4. The van der Waals surface area contributed by atoms with E-state index in [1.54, 1.807) is 0 Å². The van der Waals surface area contributed by atoms with Crippen LogP contribution in [0.2, 0.25) is 0 Å². The number of hydrogen-bond donors (Lipinski definition) is 0. The summed E-state index contributed by atoms with van der Waals surface area (Å²) in [6.07, 6.45) is 0. The quantitative estimate of drug-likeness (QED) is 0.534. The van der Waals surface area contributed by atoms with Gasteiger partial charge in [-0.05, 0) is 12.1 Å². The molecule has 0 aromatic heterocycles. The third-order valence-corrected chi connectivity index (χ3v) is 2.28. The molecule has 2 aromatic carbocycles. The van der Waals surface area contributed by atoms with Gasteiger partial charge in [0.15, 0.2) is 23.3 Å². The predicted molar refractivity (Wildman–Crippen MR) is 51.6 cm³/mol. The van der Waals surface area contributed by atoms with E-state index >= 15 is 0 Å². The molecule has 0 nitrogen and oxygen atoms in total. The lowest BCUT2D eigenvalue weighted by molar-refractivity contribution is 0.487. The molecule has 0 amide bonds. The number of rotatable bonds is 1. The maximum atomic E-state index is 13.4. The minimum atomic E-state index is -1.58. The van der Waals surface area contributed by atoms with Gasteiger partial charge in [0.1, 0.15) is 11.6 Å². The second-order valence-corrected chi connectivity index (χ2v) is 3.50. The third-order valence-electron chi connectivity index (χ3n) is 2.28. The first-order chi connectivity index (χ1) is 8.40. The van der Waals surface area contributed by atoms with Crippen LogP contribution in [0.3, 0.4) is 0 Å². The van der Waals surface area contributed by atoms with Crippen molar-refractivity contribution >= 4 is 0 Å². The SMILES string of the molecule is Fc1cc(F)c(F)c(-c2cc(F)cc(F)c2F)c1. The Hall–Kier alpha value is -1.98. The fraction of sp³-hybridized carbons (Fsp3) is 0. The van der Waals surface area contributed by atoms with E-state index in [4.69, 9.17) is 0 Å². The van der Waals surface area contributed by atoms with Crippen molar-refractivity contribution in [2.24, 2.45) is 0 Å². The average molecular weight is 262 g/mol. The van der Waals surface area contributed by atoms with Crippen molar-refractivity contribution in [2.45, 2.75) is 0 Å². The molecule has 2 aromatic rings. The number of halogens is 6. The fourth-order valence-corrected chi connectivity index (χ4v) is 1.50. The van der Waals surface area contributed by atoms with Crippen molar-refractivity contribution in [1.29, 1.82) is 0 Å². The maximum Gasteiger partial charge on any atom is 0.166 e. The average Bonchev–Trinajstić information content (AvgIpc) is 2.28. The molecule has 0 N–H and O–H groups in total. The summed E-state index contributed by atoms with van der Waals surface area (Å²) in [6.45, 7) is 0. The molecule has 0 aliphatic carbocycles. The van der Waals surface area contributed by atoms with Gasteiger partial charge in [-0.2, -0.15) is 0 Å². The van der Waals surface area contributed by atoms with Crippen LogP contribution in [-0.4, -0.2) is 0 Å². The molecule has 0 saturated heterocycles. The van der Waals surface area contributed by atoms with Gasteiger partial charge in [-0.15, -0.1) is 0 Å². The molecule has 0 saturated carbocycles. The Balaban J connectivity index is 2.77. The van der Waals surface area contributed by atoms with E-state index in [0.29, 0.717) is 12.1 Å². The van der Waals surface area contributed by atoms with E-state index in [2.05, 4.69) is 0 Å². The van der Waals surface area contributed by atoms with Crippen LogP contribution in [0.1, 0.15) is 0 Å². The van der Waals surface area contributed by atoms with Crippen LogP contribution in [0.15, 0.2) is 24.3 Å². The molecule has 0 spiro atoms. The van der Waals surface area contributed by atoms with Crippen LogP contribution in [-0.2, 0) is 0 Å². The van der Waals surface area contributed by atoms with Crippen molar-refractivity contribution in [3.05, 3.63) is 59.2 Å². The molecule has 2 rings (SSSR count). The van der Waals surface area contributed by atoms with Crippen LogP contribution < -0.4 is 0 Å². The lowest BCUT2D eigenvalue weighted by Crippen LogP contribution is -1.97. The summed E-state index contributed by atoms with van der Waals surface area (Å²) >= 11 is 0. The number of benzene rings is 2. The second kappa shape index (κ2) is 4.36. The molecule has 0 radical (unpaired) electrons. The van der Waals surface area contributed by atoms with Gasteiger partial charge < -0.3 is 0 Å². The first kappa shape index (κ1) is 12.5. The molecule has 0 aliphatic heterocycles. The van der Waals surface area contributed by atoms with Gasteiger partial charge in [-0.1, -0.05) is 0 Å². The van der Waals surface area contributed by atoms with Gasteiger partial charge in [-0.25, -0.2) is 26.3 Å². The number of hydrogen-bond acceptors (Lipinski definition) is 0. The molecule has 0 heterocycles. The predicted octanol–water partition coefficient (Wildman–Crippen LogP) is 4.19. The molecular weight excluding hydrogens is 258 g/mol. The van der Waals surface area contributed by atoms with Crippen LogP contribution in [0.25, 0.3) is 11.1 Å². The van der Waals surface area contributed by atoms with Crippen molar-refractivity contribution < 1.29 is 26.3 Å². The third kappa shape index (κ3) is 2.05. The summed E-state index contributed by atoms with van der Waals surface area (Å²) in [7, 11) is 0. The molecule has 18 heavy (non-hydrogen) atoms. The highest BCUT2D eigenvalue weighted by molar-refractivity contribution is 5.65. The summed E-state index contributed by atoms with van der Waals surface area (Å²) in [4.78, 5) is 0. The Kier molecular flexibility index (Phi) is 3.02. The molecule has 0 unspecified atom stereocenters. The Bertz CT molecular complexity index is 565. The van der Waals surface area contributed by atoms with Gasteiger partial charge >= 0.3 is 0 Å². The standard InChI is InChI=1S/C12H4F6/c13-5-1-7(11(17)9(15)3-5)8-2-6(14)4-10(16)12(8)18/h1-4H. The molecule has 0 atom stereocenters. The summed E-state index contributed by atoms with van der Waals surface area (Å²) in [5.41, 5.74) is -1.77. The topological polar surface area (TPSA) is 0 Å². The zero-order valence-corrected chi connectivity index (χ0v) is 8.58. The van der Waals surface area contributed by atoms with Crippen LogP contribution in [0.4, 0.5) is 26.3 Å². The lowest BCUT2D eigenvalue weighted by Gasteiger charge is -2.07. The largest absolute Gasteiger partial charge is 0.207 e. The molecule has 94 valence electrons. The van der Waals surface area contributed by atoms with Crippen molar-refractivity contribution in [3.63, 3.8) is 0 Å². The van der Waals surface area contributed by atoms with E-state index in [1.165, 1.54) is 0 Å². The highest BCUT2D eigenvalue weighted by Gasteiger charge is 2.19. The van der Waals surface area contributed by atoms with E-state index in [1.807, 2.05) is 0 Å². The molecule has 0 bridgehead atoms. The Morgan fingerprint density at radius 2 is 0.833 bits per heavy atom. The lowest BCUT2D eigenvalue weighted by atomic mass is 10.0. The van der Waals surface area contributed by atoms with Crippen molar-refractivity contribution in [3.8, 4) is 11.1 Å². The van der Waals surface area contributed by atoms with E-state index < -0.39 is 46.0 Å². The minimum absolute atomic E-state index is 0.242. The van der Waals surface area contributed by atoms with Crippen molar-refractivity contribution in [1.82, 2.24) is 0 Å². The van der Waals surface area contributed by atoms with E-state index in [0.717, 1.165) is 0 Å². The van der Waals surface area contributed by atoms with Crippen molar-refractivity contribution in [2.75, 3.05) is 0 Å². The van der Waals surface area contributed by atoms with Gasteiger partial charge in [0.25, 0.3) is 0 Å². The molecule has 0 aliphatic rings. The highest BCUT2D eigenvalue weighted by atomic mass is 19.2. The van der Waals surface area contributed by atoms with Crippen LogP contribution >= 0.6 is 0 Å². The highest BCUT2D eigenvalue weighted by Crippen LogP contribution is 2.29. The fourth-order valence-electron chi connectivity index (χ4n) is 1.50.